The highest BCUT2D eigenvalue weighted by atomic mass is 19.1. The number of hydrogen-bond donors (Lipinski definition) is 3. The van der Waals surface area contributed by atoms with E-state index in [1.54, 1.807) is 25.1 Å². The second-order valence-corrected chi connectivity index (χ2v) is 10.8. The van der Waals surface area contributed by atoms with Gasteiger partial charge in [0, 0.05) is 54.5 Å². The summed E-state index contributed by atoms with van der Waals surface area (Å²) in [5, 5.41) is 23.6. The van der Waals surface area contributed by atoms with Crippen LogP contribution in [0.3, 0.4) is 0 Å². The van der Waals surface area contributed by atoms with Gasteiger partial charge in [0.1, 0.15) is 11.9 Å². The van der Waals surface area contributed by atoms with Crippen molar-refractivity contribution in [2.45, 2.75) is 70.6 Å². The van der Waals surface area contributed by atoms with Gasteiger partial charge in [-0.1, -0.05) is 6.07 Å². The lowest BCUT2D eigenvalue weighted by Crippen LogP contribution is -2.44. The molecule has 2 saturated heterocycles. The van der Waals surface area contributed by atoms with E-state index in [1.807, 2.05) is 23.3 Å². The highest BCUT2D eigenvalue weighted by Gasteiger charge is 2.29. The van der Waals surface area contributed by atoms with Gasteiger partial charge in [-0.3, -0.25) is 9.69 Å². The molecular weight excluding hydrogens is 508 g/mol. The first-order chi connectivity index (χ1) is 18.6. The Kier molecular flexibility index (Phi) is 7.95. The van der Waals surface area contributed by atoms with E-state index in [9.17, 15) is 19.4 Å². The Morgan fingerprint density at radius 1 is 1.23 bits per heavy atom. The zero-order chi connectivity index (χ0) is 27.8. The van der Waals surface area contributed by atoms with E-state index in [0.29, 0.717) is 54.6 Å². The average molecular weight is 544 g/mol. The number of benzene rings is 1. The molecule has 0 radical (unpaired) electrons. The van der Waals surface area contributed by atoms with E-state index in [2.05, 4.69) is 15.3 Å². The predicted octanol–water partition coefficient (Wildman–Crippen LogP) is 2.95. The maximum atomic E-state index is 15.0. The number of piperidine rings is 1. The summed E-state index contributed by atoms with van der Waals surface area (Å²) in [5.74, 6) is -0.421. The second kappa shape index (κ2) is 11.2. The summed E-state index contributed by atoms with van der Waals surface area (Å²) < 4.78 is 36.6. The van der Waals surface area contributed by atoms with Crippen LogP contribution in [0.5, 0.6) is 0 Å². The van der Waals surface area contributed by atoms with Gasteiger partial charge in [0.05, 0.1) is 36.6 Å². The molecule has 1 aromatic carbocycles. The van der Waals surface area contributed by atoms with E-state index in [-0.39, 0.29) is 42.3 Å². The molecule has 5 rings (SSSR count). The van der Waals surface area contributed by atoms with Crippen LogP contribution in [0, 0.1) is 12.7 Å². The van der Waals surface area contributed by atoms with Crippen LogP contribution in [0.2, 0.25) is 0 Å². The summed E-state index contributed by atoms with van der Waals surface area (Å²) in [4.78, 5) is 23.8. The summed E-state index contributed by atoms with van der Waals surface area (Å²) in [6, 6.07) is 4.76. The Morgan fingerprint density at radius 3 is 2.74 bits per heavy atom. The Balaban J connectivity index is 1.56. The molecule has 39 heavy (non-hydrogen) atoms. The third-order valence-electron chi connectivity index (χ3n) is 7.71. The van der Waals surface area contributed by atoms with Crippen LogP contribution >= 0.6 is 0 Å². The van der Waals surface area contributed by atoms with Crippen LogP contribution in [0.25, 0.3) is 22.2 Å². The van der Waals surface area contributed by atoms with Crippen molar-refractivity contribution < 1.29 is 23.7 Å². The number of aliphatic hydroxyl groups excluding tert-OH is 2. The molecule has 0 amide bonds. The van der Waals surface area contributed by atoms with Crippen molar-refractivity contribution >= 4 is 16.9 Å². The standard InChI is InChI=1S/C28H35F2N5O4/c1-15(2)35-22-10-17(26-19(29)11-31-28(33-26)32-21-7-9-39-14-25(21)37)4-5-18(22)27(38)16(3)23(35)13-34-8-6-24(36)20(30)12-34/h4-5,10-11,15,20-21,24-25,36-37H,6-9,12-14H2,1-3H3,(H,31,32,33)/t20-,21+,24-,25+/m0/s1. The van der Waals surface area contributed by atoms with E-state index < -0.39 is 24.2 Å². The number of pyridine rings is 1. The SMILES string of the molecule is Cc1c(CN2CC[C@H](O)[C@@H](F)C2)n(C(C)C)c2cc(-c3nc(N[C@@H]4CCOC[C@H]4O)ncc3F)ccc2c1=O. The van der Waals surface area contributed by atoms with Crippen LogP contribution in [-0.4, -0.2) is 80.4 Å². The Hall–Kier alpha value is -2.99. The number of rotatable bonds is 6. The van der Waals surface area contributed by atoms with Gasteiger partial charge in [-0.2, -0.15) is 0 Å². The summed E-state index contributed by atoms with van der Waals surface area (Å²) in [7, 11) is 0. The molecule has 0 unspecified atom stereocenters. The van der Waals surface area contributed by atoms with Crippen LogP contribution in [0.4, 0.5) is 14.7 Å². The largest absolute Gasteiger partial charge is 0.390 e. The minimum absolute atomic E-state index is 0.0453. The average Bonchev–Trinajstić information content (AvgIpc) is 2.91. The molecule has 2 fully saturated rings. The number of halogens is 2. The van der Waals surface area contributed by atoms with Crippen molar-refractivity contribution in [3.8, 4) is 11.3 Å². The fourth-order valence-electron chi connectivity index (χ4n) is 5.52. The van der Waals surface area contributed by atoms with E-state index in [4.69, 9.17) is 4.74 Å². The summed E-state index contributed by atoms with van der Waals surface area (Å²) in [5.41, 5.74) is 2.41. The summed E-state index contributed by atoms with van der Waals surface area (Å²) in [6.07, 6.45) is -1.04. The Labute approximate surface area is 225 Å². The highest BCUT2D eigenvalue weighted by Crippen LogP contribution is 2.29. The molecule has 0 bridgehead atoms. The zero-order valence-corrected chi connectivity index (χ0v) is 22.4. The van der Waals surface area contributed by atoms with Crippen molar-refractivity contribution in [2.75, 3.05) is 31.6 Å². The van der Waals surface area contributed by atoms with Crippen molar-refractivity contribution in [1.29, 1.82) is 0 Å². The minimum atomic E-state index is -1.34. The first kappa shape index (κ1) is 27.6. The maximum absolute atomic E-state index is 15.0. The first-order valence-corrected chi connectivity index (χ1v) is 13.4. The van der Waals surface area contributed by atoms with Crippen LogP contribution < -0.4 is 10.7 Å². The molecule has 11 heteroatoms. The molecule has 0 spiro atoms. The maximum Gasteiger partial charge on any atom is 0.223 e. The van der Waals surface area contributed by atoms with E-state index in [0.717, 1.165) is 11.9 Å². The van der Waals surface area contributed by atoms with Gasteiger partial charge in [-0.05, 0) is 45.7 Å². The van der Waals surface area contributed by atoms with Crippen LogP contribution in [-0.2, 0) is 11.3 Å². The van der Waals surface area contributed by atoms with Gasteiger partial charge in [0.2, 0.25) is 5.95 Å². The van der Waals surface area contributed by atoms with Crippen molar-refractivity contribution in [2.24, 2.45) is 0 Å². The molecule has 2 aromatic heterocycles. The third kappa shape index (κ3) is 5.54. The van der Waals surface area contributed by atoms with Crippen LogP contribution in [0.1, 0.15) is 44.0 Å². The van der Waals surface area contributed by atoms with Crippen LogP contribution in [0.15, 0.2) is 29.2 Å². The number of anilines is 1. The van der Waals surface area contributed by atoms with Gasteiger partial charge < -0.3 is 24.8 Å². The number of likely N-dealkylation sites (tertiary alicyclic amines) is 1. The number of ether oxygens (including phenoxy) is 1. The molecule has 2 aliphatic rings. The number of aliphatic hydroxyl groups is 2. The molecule has 4 atom stereocenters. The van der Waals surface area contributed by atoms with Gasteiger partial charge in [0.25, 0.3) is 0 Å². The lowest BCUT2D eigenvalue weighted by Gasteiger charge is -2.34. The quantitative estimate of drug-likeness (QED) is 0.435. The third-order valence-corrected chi connectivity index (χ3v) is 7.71. The van der Waals surface area contributed by atoms with E-state index in [1.165, 1.54) is 0 Å². The molecular formula is C28H35F2N5O4. The molecule has 3 aromatic rings. The molecule has 2 aliphatic heterocycles. The summed E-state index contributed by atoms with van der Waals surface area (Å²) >= 11 is 0. The minimum Gasteiger partial charge on any atom is -0.390 e. The lowest BCUT2D eigenvalue weighted by molar-refractivity contribution is -0.0136. The van der Waals surface area contributed by atoms with Crippen molar-refractivity contribution in [3.63, 3.8) is 0 Å². The lowest BCUT2D eigenvalue weighted by atomic mass is 10.0. The predicted molar refractivity (Wildman–Crippen MR) is 144 cm³/mol. The fourth-order valence-corrected chi connectivity index (χ4v) is 5.52. The molecule has 0 aliphatic carbocycles. The van der Waals surface area contributed by atoms with Crippen molar-refractivity contribution in [3.05, 3.63) is 51.7 Å². The summed E-state index contributed by atoms with van der Waals surface area (Å²) in [6.45, 7) is 7.46. The fraction of sp³-hybridized carbons (Fsp3) is 0.536. The molecule has 4 heterocycles. The monoisotopic (exact) mass is 543 g/mol. The number of aromatic nitrogens is 3. The smallest absolute Gasteiger partial charge is 0.223 e. The zero-order valence-electron chi connectivity index (χ0n) is 22.4. The van der Waals surface area contributed by atoms with E-state index >= 15 is 4.39 Å². The number of nitrogens with one attached hydrogen (secondary N) is 1. The van der Waals surface area contributed by atoms with Gasteiger partial charge in [-0.25, -0.2) is 18.7 Å². The molecule has 210 valence electrons. The Morgan fingerprint density at radius 2 is 2.03 bits per heavy atom. The second-order valence-electron chi connectivity index (χ2n) is 10.8. The first-order valence-electron chi connectivity index (χ1n) is 13.4. The molecule has 3 N–H and O–H groups in total. The number of alkyl halides is 1. The highest BCUT2D eigenvalue weighted by molar-refractivity contribution is 5.85. The normalized spacial score (nSPS) is 24.4. The van der Waals surface area contributed by atoms with Gasteiger partial charge in [-0.15, -0.1) is 0 Å². The molecule has 0 saturated carbocycles. The molecule has 9 nitrogen and oxygen atoms in total. The van der Waals surface area contributed by atoms with Gasteiger partial charge in [0.15, 0.2) is 11.2 Å². The number of nitrogens with zero attached hydrogens (tertiary/aromatic N) is 4. The number of hydrogen-bond acceptors (Lipinski definition) is 8. The Bertz CT molecular complexity index is 1410. The van der Waals surface area contributed by atoms with Gasteiger partial charge >= 0.3 is 0 Å². The van der Waals surface area contributed by atoms with Crippen molar-refractivity contribution in [1.82, 2.24) is 19.4 Å². The topological polar surface area (TPSA) is 113 Å². The number of fused-ring (bicyclic) bond motifs is 1.